The molecule has 1 saturated heterocycles. The average molecular weight is 311 g/mol. The van der Waals surface area contributed by atoms with Gasteiger partial charge >= 0.3 is 0 Å². The molecule has 1 N–H and O–H groups in total. The maximum absolute atomic E-state index is 12.1. The number of rotatable bonds is 3. The Hall–Kier alpha value is -1.76. The molecule has 2 heterocycles. The molecule has 1 amide bonds. The predicted molar refractivity (Wildman–Crippen MR) is 76.1 cm³/mol. The number of carbonyl (C=O) groups excluding carboxylic acids is 1. The lowest BCUT2D eigenvalue weighted by atomic mass is 10.1. The third-order valence-corrected chi connectivity index (χ3v) is 5.53. The summed E-state index contributed by atoms with van der Waals surface area (Å²) in [6, 6.07) is 7.18. The fourth-order valence-electron chi connectivity index (χ4n) is 2.54. The highest BCUT2D eigenvalue weighted by molar-refractivity contribution is 7.91. The van der Waals surface area contributed by atoms with E-state index in [-0.39, 0.29) is 29.9 Å². The Labute approximate surface area is 123 Å². The van der Waals surface area contributed by atoms with Crippen molar-refractivity contribution in [2.75, 3.05) is 24.7 Å². The summed E-state index contributed by atoms with van der Waals surface area (Å²) in [7, 11) is -2.92. The van der Waals surface area contributed by atoms with Crippen LogP contribution in [0.1, 0.15) is 6.42 Å². The van der Waals surface area contributed by atoms with Crippen LogP contribution in [0.15, 0.2) is 24.3 Å². The molecule has 0 aliphatic carbocycles. The zero-order valence-corrected chi connectivity index (χ0v) is 12.3. The number of fused-ring (bicyclic) bond motifs is 1. The summed E-state index contributed by atoms with van der Waals surface area (Å²) < 4.78 is 33.8. The minimum absolute atomic E-state index is 0.00394. The number of amides is 1. The van der Waals surface area contributed by atoms with Crippen molar-refractivity contribution in [3.8, 4) is 11.5 Å². The second-order valence-electron chi connectivity index (χ2n) is 5.38. The monoisotopic (exact) mass is 311 g/mol. The number of hydrogen-bond acceptors (Lipinski definition) is 5. The Bertz CT molecular complexity index is 643. The van der Waals surface area contributed by atoms with Gasteiger partial charge in [-0.1, -0.05) is 12.1 Å². The molecule has 1 aromatic carbocycles. The van der Waals surface area contributed by atoms with Crippen molar-refractivity contribution in [1.29, 1.82) is 0 Å². The van der Waals surface area contributed by atoms with E-state index in [9.17, 15) is 13.2 Å². The third-order valence-electron chi connectivity index (χ3n) is 3.69. The highest BCUT2D eigenvalue weighted by atomic mass is 32.2. The molecule has 0 bridgehead atoms. The first kappa shape index (κ1) is 14.2. The van der Waals surface area contributed by atoms with Gasteiger partial charge in [0.1, 0.15) is 6.61 Å². The van der Waals surface area contributed by atoms with E-state index in [2.05, 4.69) is 5.32 Å². The summed E-state index contributed by atoms with van der Waals surface area (Å²) in [6.45, 7) is 0.519. The lowest BCUT2D eigenvalue weighted by molar-refractivity contribution is -0.130. The van der Waals surface area contributed by atoms with E-state index in [0.717, 1.165) is 0 Å². The van der Waals surface area contributed by atoms with Gasteiger partial charge in [0.15, 0.2) is 21.3 Å². The molecule has 3 rings (SSSR count). The fourth-order valence-corrected chi connectivity index (χ4v) is 4.40. The van der Waals surface area contributed by atoms with Crippen LogP contribution in [0.3, 0.4) is 0 Å². The number of carbonyl (C=O) groups is 1. The van der Waals surface area contributed by atoms with Crippen molar-refractivity contribution in [3.05, 3.63) is 24.3 Å². The molecule has 0 saturated carbocycles. The molecule has 114 valence electrons. The first-order valence-electron chi connectivity index (χ1n) is 6.90. The van der Waals surface area contributed by atoms with Gasteiger partial charge in [0.25, 0.3) is 5.91 Å². The molecule has 21 heavy (non-hydrogen) atoms. The largest absolute Gasteiger partial charge is 0.485 e. The molecular formula is C14H17NO5S. The number of hydrogen-bond donors (Lipinski definition) is 1. The van der Waals surface area contributed by atoms with E-state index in [1.165, 1.54) is 0 Å². The normalized spacial score (nSPS) is 26.3. The van der Waals surface area contributed by atoms with Gasteiger partial charge in [0, 0.05) is 6.54 Å². The Kier molecular flexibility index (Phi) is 3.75. The first-order valence-corrected chi connectivity index (χ1v) is 8.72. The van der Waals surface area contributed by atoms with Gasteiger partial charge in [0.05, 0.1) is 11.5 Å². The second kappa shape index (κ2) is 5.55. The van der Waals surface area contributed by atoms with Crippen molar-refractivity contribution in [1.82, 2.24) is 5.32 Å². The Morgan fingerprint density at radius 3 is 2.76 bits per heavy atom. The maximum atomic E-state index is 12.1. The Morgan fingerprint density at radius 2 is 2.05 bits per heavy atom. The van der Waals surface area contributed by atoms with Crippen LogP contribution in [0.5, 0.6) is 11.5 Å². The lowest BCUT2D eigenvalue weighted by Gasteiger charge is -2.25. The van der Waals surface area contributed by atoms with E-state index in [4.69, 9.17) is 9.47 Å². The lowest BCUT2D eigenvalue weighted by Crippen LogP contribution is -2.45. The van der Waals surface area contributed by atoms with Crippen molar-refractivity contribution >= 4 is 15.7 Å². The fraction of sp³-hybridized carbons (Fsp3) is 0.500. The standard InChI is InChI=1S/C14H17NO5S/c16-14(15-7-10-5-6-21(17,18)9-10)13-8-19-11-3-1-2-4-12(11)20-13/h1-4,10,13H,5-9H2,(H,15,16)/t10-,13+/m0/s1. The predicted octanol–water partition coefficient (Wildman–Crippen LogP) is 0.377. The minimum atomic E-state index is -2.92. The topological polar surface area (TPSA) is 81.7 Å². The molecular weight excluding hydrogens is 294 g/mol. The van der Waals surface area contributed by atoms with Crippen molar-refractivity contribution in [2.24, 2.45) is 5.92 Å². The van der Waals surface area contributed by atoms with Gasteiger partial charge in [0.2, 0.25) is 6.10 Å². The smallest absolute Gasteiger partial charge is 0.264 e. The molecule has 0 spiro atoms. The molecule has 1 fully saturated rings. The Balaban J connectivity index is 1.53. The third kappa shape index (κ3) is 3.29. The van der Waals surface area contributed by atoms with Crippen LogP contribution < -0.4 is 14.8 Å². The zero-order chi connectivity index (χ0) is 14.9. The van der Waals surface area contributed by atoms with Crippen LogP contribution in [-0.2, 0) is 14.6 Å². The second-order valence-corrected chi connectivity index (χ2v) is 7.61. The number of para-hydroxylation sites is 2. The van der Waals surface area contributed by atoms with Crippen LogP contribution in [0.2, 0.25) is 0 Å². The molecule has 2 aliphatic heterocycles. The average Bonchev–Trinajstić information content (AvgIpc) is 2.83. The molecule has 6 nitrogen and oxygen atoms in total. The molecule has 2 atom stereocenters. The van der Waals surface area contributed by atoms with Crippen LogP contribution in [0.4, 0.5) is 0 Å². The van der Waals surface area contributed by atoms with Crippen molar-refractivity contribution in [2.45, 2.75) is 12.5 Å². The molecule has 7 heteroatoms. The van der Waals surface area contributed by atoms with Gasteiger partial charge in [-0.2, -0.15) is 0 Å². The summed E-state index contributed by atoms with van der Waals surface area (Å²) >= 11 is 0. The number of ether oxygens (including phenoxy) is 2. The molecule has 0 aromatic heterocycles. The van der Waals surface area contributed by atoms with E-state index in [1.807, 2.05) is 12.1 Å². The molecule has 0 unspecified atom stereocenters. The van der Waals surface area contributed by atoms with Gasteiger partial charge in [-0.3, -0.25) is 4.79 Å². The van der Waals surface area contributed by atoms with Gasteiger partial charge < -0.3 is 14.8 Å². The number of benzene rings is 1. The number of sulfone groups is 1. The van der Waals surface area contributed by atoms with Gasteiger partial charge in [-0.05, 0) is 24.5 Å². The van der Waals surface area contributed by atoms with Gasteiger partial charge in [-0.25, -0.2) is 8.42 Å². The first-order chi connectivity index (χ1) is 10.0. The number of nitrogens with one attached hydrogen (secondary N) is 1. The van der Waals surface area contributed by atoms with E-state index < -0.39 is 15.9 Å². The van der Waals surface area contributed by atoms with Crippen LogP contribution in [0, 0.1) is 5.92 Å². The van der Waals surface area contributed by atoms with Gasteiger partial charge in [-0.15, -0.1) is 0 Å². The summed E-state index contributed by atoms with van der Waals surface area (Å²) in [5.41, 5.74) is 0. The highest BCUT2D eigenvalue weighted by Gasteiger charge is 2.31. The van der Waals surface area contributed by atoms with Crippen molar-refractivity contribution < 1.29 is 22.7 Å². The Morgan fingerprint density at radius 1 is 1.29 bits per heavy atom. The summed E-state index contributed by atoms with van der Waals surface area (Å²) in [5, 5.41) is 2.75. The quantitative estimate of drug-likeness (QED) is 0.872. The summed E-state index contributed by atoms with van der Waals surface area (Å²) in [5.74, 6) is 1.27. The maximum Gasteiger partial charge on any atom is 0.264 e. The summed E-state index contributed by atoms with van der Waals surface area (Å²) in [6.07, 6.45) is -0.0917. The van der Waals surface area contributed by atoms with Crippen LogP contribution >= 0.6 is 0 Å². The minimum Gasteiger partial charge on any atom is -0.485 e. The van der Waals surface area contributed by atoms with Crippen LogP contribution in [0.25, 0.3) is 0 Å². The van der Waals surface area contributed by atoms with E-state index in [0.29, 0.717) is 24.5 Å². The molecule has 2 aliphatic rings. The molecule has 1 aromatic rings. The van der Waals surface area contributed by atoms with E-state index in [1.54, 1.807) is 12.1 Å². The van der Waals surface area contributed by atoms with E-state index >= 15 is 0 Å². The van der Waals surface area contributed by atoms with Crippen LogP contribution in [-0.4, -0.2) is 45.1 Å². The zero-order valence-electron chi connectivity index (χ0n) is 11.4. The highest BCUT2D eigenvalue weighted by Crippen LogP contribution is 2.30. The van der Waals surface area contributed by atoms with Crippen molar-refractivity contribution in [3.63, 3.8) is 0 Å². The molecule has 0 radical (unpaired) electrons. The SMILES string of the molecule is O=C(NC[C@@H]1CCS(=O)(=O)C1)[C@H]1COc2ccccc2O1. The summed E-state index contributed by atoms with van der Waals surface area (Å²) in [4.78, 5) is 12.1.